The van der Waals surface area contributed by atoms with Gasteiger partial charge in [-0.05, 0) is 0 Å². The molecule has 1 aliphatic rings. The van der Waals surface area contributed by atoms with Crippen LogP contribution in [0.15, 0.2) is 45.8 Å². The van der Waals surface area contributed by atoms with Crippen molar-refractivity contribution in [3.63, 3.8) is 0 Å². The van der Waals surface area contributed by atoms with E-state index in [4.69, 9.17) is 10.5 Å². The van der Waals surface area contributed by atoms with Crippen LogP contribution in [-0.4, -0.2) is 34.9 Å². The lowest BCUT2D eigenvalue weighted by molar-refractivity contribution is 0.319. The van der Waals surface area contributed by atoms with Crippen LogP contribution in [0.4, 0.5) is 0 Å². The summed E-state index contributed by atoms with van der Waals surface area (Å²) in [6, 6.07) is 10.8. The summed E-state index contributed by atoms with van der Waals surface area (Å²) in [6.45, 7) is 2.33. The average molecular weight is 259 g/mol. The maximum atomic E-state index is 10.5. The van der Waals surface area contributed by atoms with Crippen LogP contribution in [0.3, 0.4) is 0 Å². The van der Waals surface area contributed by atoms with Crippen LogP contribution in [0.2, 0.25) is 0 Å². The maximum Gasteiger partial charge on any atom is 0.177 e. The van der Waals surface area contributed by atoms with Crippen molar-refractivity contribution in [1.82, 2.24) is 5.01 Å². The third-order valence-electron chi connectivity index (χ3n) is 2.28. The van der Waals surface area contributed by atoms with Crippen molar-refractivity contribution in [2.75, 3.05) is 13.1 Å². The molecule has 2 rings (SSSR count). The highest BCUT2D eigenvalue weighted by molar-refractivity contribution is 6.47. The minimum atomic E-state index is 0.262. The highest BCUT2D eigenvalue weighted by Gasteiger charge is 2.24. The van der Waals surface area contributed by atoms with Crippen molar-refractivity contribution in [2.24, 2.45) is 15.4 Å². The number of benzene rings is 1. The van der Waals surface area contributed by atoms with Crippen molar-refractivity contribution in [1.29, 1.82) is 5.26 Å². The number of hydrogen-bond donors (Lipinski definition) is 1. The summed E-state index contributed by atoms with van der Waals surface area (Å²) >= 11 is 0. The van der Waals surface area contributed by atoms with Crippen molar-refractivity contribution in [3.8, 4) is 6.07 Å². The minimum absolute atomic E-state index is 0.262. The van der Waals surface area contributed by atoms with Crippen LogP contribution >= 0.6 is 0 Å². The van der Waals surface area contributed by atoms with E-state index in [-0.39, 0.29) is 5.71 Å². The van der Waals surface area contributed by atoms with Crippen molar-refractivity contribution < 1.29 is 5.21 Å². The van der Waals surface area contributed by atoms with Gasteiger partial charge in [-0.2, -0.15) is 5.26 Å². The fourth-order valence-electron chi connectivity index (χ4n) is 1.54. The second-order valence-corrected chi connectivity index (χ2v) is 3.45. The van der Waals surface area contributed by atoms with Gasteiger partial charge in [-0.25, -0.2) is 5.01 Å². The van der Waals surface area contributed by atoms with E-state index in [9.17, 15) is 4.91 Å². The molecule has 7 heteroatoms. The Morgan fingerprint density at radius 2 is 2.11 bits per heavy atom. The fraction of sp³-hybridized carbons (Fsp3) is 0.250. The van der Waals surface area contributed by atoms with Crippen LogP contribution < -0.4 is 0 Å². The molecular weight excluding hydrogens is 246 g/mol. The fourth-order valence-corrected chi connectivity index (χ4v) is 1.54. The van der Waals surface area contributed by atoms with Gasteiger partial charge in [-0.15, -0.1) is 4.91 Å². The molecule has 1 aromatic carbocycles. The number of amidine groups is 1. The SMILES string of the molecule is CC#N.O=NN1CCN=C1/C(=N\O)c1ccccc1. The van der Waals surface area contributed by atoms with E-state index < -0.39 is 0 Å². The molecule has 7 nitrogen and oxygen atoms in total. The van der Waals surface area contributed by atoms with Gasteiger partial charge in [0.05, 0.1) is 24.4 Å². The highest BCUT2D eigenvalue weighted by atomic mass is 16.4. The van der Waals surface area contributed by atoms with Crippen LogP contribution in [0.25, 0.3) is 0 Å². The maximum absolute atomic E-state index is 10.5. The molecule has 1 heterocycles. The molecule has 0 saturated heterocycles. The Kier molecular flexibility index (Phi) is 5.69. The van der Waals surface area contributed by atoms with Gasteiger partial charge in [0.2, 0.25) is 0 Å². The van der Waals surface area contributed by atoms with Crippen molar-refractivity contribution in [3.05, 3.63) is 40.8 Å². The molecule has 1 aliphatic heterocycles. The molecule has 0 aliphatic carbocycles. The van der Waals surface area contributed by atoms with E-state index in [2.05, 4.69) is 15.4 Å². The molecule has 1 N–H and O–H groups in total. The molecule has 0 radical (unpaired) electrons. The molecule has 19 heavy (non-hydrogen) atoms. The quantitative estimate of drug-likeness (QED) is 0.387. The van der Waals surface area contributed by atoms with Crippen LogP contribution in [0, 0.1) is 16.2 Å². The topological polar surface area (TPSA) is 101 Å². The molecule has 0 aromatic heterocycles. The van der Waals surface area contributed by atoms with Gasteiger partial charge in [0, 0.05) is 12.5 Å². The molecule has 0 bridgehead atoms. The smallest absolute Gasteiger partial charge is 0.177 e. The number of oxime groups is 1. The summed E-state index contributed by atoms with van der Waals surface area (Å²) in [5, 5.41) is 23.5. The lowest BCUT2D eigenvalue weighted by Crippen LogP contribution is -2.29. The predicted octanol–water partition coefficient (Wildman–Crippen LogP) is 1.79. The number of hydrogen-bond acceptors (Lipinski definition) is 6. The zero-order chi connectivity index (χ0) is 14.1. The first-order valence-corrected chi connectivity index (χ1v) is 5.52. The number of rotatable bonds is 3. The second-order valence-electron chi connectivity index (χ2n) is 3.45. The summed E-state index contributed by atoms with van der Waals surface area (Å²) in [5.74, 6) is 0.309. The third-order valence-corrected chi connectivity index (χ3v) is 2.28. The van der Waals surface area contributed by atoms with Gasteiger partial charge in [0.25, 0.3) is 0 Å². The van der Waals surface area contributed by atoms with Crippen LogP contribution in [0.1, 0.15) is 12.5 Å². The lowest BCUT2D eigenvalue weighted by Gasteiger charge is -2.10. The van der Waals surface area contributed by atoms with Gasteiger partial charge < -0.3 is 5.21 Å². The Bertz CT molecular complexity index is 519. The van der Waals surface area contributed by atoms with Gasteiger partial charge in [-0.1, -0.05) is 35.5 Å². The van der Waals surface area contributed by atoms with E-state index in [1.54, 1.807) is 18.2 Å². The van der Waals surface area contributed by atoms with Crippen LogP contribution in [0.5, 0.6) is 0 Å². The highest BCUT2D eigenvalue weighted by Crippen LogP contribution is 2.10. The van der Waals surface area contributed by atoms with Crippen molar-refractivity contribution in [2.45, 2.75) is 6.92 Å². The van der Waals surface area contributed by atoms with Gasteiger partial charge in [0.1, 0.15) is 0 Å². The van der Waals surface area contributed by atoms with E-state index in [1.807, 2.05) is 18.2 Å². The van der Waals surface area contributed by atoms with Crippen LogP contribution in [-0.2, 0) is 0 Å². The molecule has 0 fully saturated rings. The Morgan fingerprint density at radius 3 is 2.63 bits per heavy atom. The average Bonchev–Trinajstić information content (AvgIpc) is 2.90. The molecule has 1 aromatic rings. The standard InChI is InChI=1S/C10H10N4O2.C2H3N/c15-12-9(8-4-2-1-3-5-8)10-11-6-7-14(10)13-16;1-2-3/h1-5,15H,6-7H2;1H3/b12-9-;. The largest absolute Gasteiger partial charge is 0.410 e. The second kappa shape index (κ2) is 7.55. The summed E-state index contributed by atoms with van der Waals surface area (Å²) in [6.07, 6.45) is 0. The minimum Gasteiger partial charge on any atom is -0.410 e. The summed E-state index contributed by atoms with van der Waals surface area (Å²) in [7, 11) is 0. The van der Waals surface area contributed by atoms with Gasteiger partial charge in [-0.3, -0.25) is 4.99 Å². The van der Waals surface area contributed by atoms with Gasteiger partial charge in [0.15, 0.2) is 11.5 Å². The van der Waals surface area contributed by atoms with E-state index in [0.717, 1.165) is 0 Å². The summed E-state index contributed by atoms with van der Waals surface area (Å²) in [5.41, 5.74) is 0.956. The first kappa shape index (κ1) is 14.3. The summed E-state index contributed by atoms with van der Waals surface area (Å²) < 4.78 is 0. The number of nitrogens with zero attached hydrogens (tertiary/aromatic N) is 5. The number of nitroso groups, excluding NO2 is 1. The molecule has 0 atom stereocenters. The molecule has 0 unspecified atom stereocenters. The van der Waals surface area contributed by atoms with Crippen molar-refractivity contribution >= 4 is 11.5 Å². The predicted molar refractivity (Wildman–Crippen MR) is 70.9 cm³/mol. The molecule has 0 spiro atoms. The molecule has 0 saturated carbocycles. The van der Waals surface area contributed by atoms with E-state index >= 15 is 0 Å². The molecular formula is C12H13N5O2. The molecule has 98 valence electrons. The normalized spacial score (nSPS) is 14.0. The number of aliphatic imine (C=N–C) groups is 1. The zero-order valence-corrected chi connectivity index (χ0v) is 10.4. The summed E-state index contributed by atoms with van der Waals surface area (Å²) in [4.78, 5) is 14.6. The Morgan fingerprint density at radius 1 is 1.47 bits per heavy atom. The van der Waals surface area contributed by atoms with Gasteiger partial charge >= 0.3 is 0 Å². The van der Waals surface area contributed by atoms with E-state index in [0.29, 0.717) is 24.5 Å². The Balaban J connectivity index is 0.000000550. The first-order valence-electron chi connectivity index (χ1n) is 5.52. The monoisotopic (exact) mass is 259 g/mol. The van der Waals surface area contributed by atoms with E-state index in [1.165, 1.54) is 11.9 Å². The third kappa shape index (κ3) is 3.61. The zero-order valence-electron chi connectivity index (χ0n) is 10.4. The Hall–Kier alpha value is -2.75. The Labute approximate surface area is 110 Å². The molecule has 0 amide bonds. The lowest BCUT2D eigenvalue weighted by atomic mass is 10.1. The first-order chi connectivity index (χ1) is 9.28. The number of nitriles is 1.